The fourth-order valence-electron chi connectivity index (χ4n) is 1.01. The number of aromatic carboxylic acids is 1. The van der Waals surface area contributed by atoms with Crippen LogP contribution in [-0.2, 0) is 0 Å². The Labute approximate surface area is 92.8 Å². The predicted octanol–water partition coefficient (Wildman–Crippen LogP) is 2.61. The lowest BCUT2D eigenvalue weighted by Gasteiger charge is -2.07. The molecule has 0 aliphatic carbocycles. The van der Waals surface area contributed by atoms with Crippen molar-refractivity contribution in [3.05, 3.63) is 22.8 Å². The molecule has 0 bridgehead atoms. The maximum absolute atomic E-state index is 10.8. The molecular formula is C10H12ClNO3. The molecular weight excluding hydrogens is 218 g/mol. The van der Waals surface area contributed by atoms with Crippen LogP contribution in [0.15, 0.2) is 12.3 Å². The van der Waals surface area contributed by atoms with Gasteiger partial charge in [-0.2, -0.15) is 0 Å². The average Bonchev–Trinajstić information content (AvgIpc) is 2.20. The van der Waals surface area contributed by atoms with Crippen molar-refractivity contribution >= 4 is 17.6 Å². The molecule has 0 aliphatic heterocycles. The number of hydrogen-bond donors (Lipinski definition) is 1. The van der Waals surface area contributed by atoms with Crippen molar-refractivity contribution in [2.24, 2.45) is 0 Å². The van der Waals surface area contributed by atoms with Gasteiger partial charge in [-0.3, -0.25) is 0 Å². The van der Waals surface area contributed by atoms with Crippen molar-refractivity contribution in [2.45, 2.75) is 19.8 Å². The molecule has 0 saturated carbocycles. The fourth-order valence-corrected chi connectivity index (χ4v) is 1.17. The maximum Gasteiger partial charge on any atom is 0.341 e. The van der Waals surface area contributed by atoms with Gasteiger partial charge in [-0.15, -0.1) is 0 Å². The Morgan fingerprint density at radius 2 is 2.40 bits per heavy atom. The van der Waals surface area contributed by atoms with Crippen molar-refractivity contribution in [3.63, 3.8) is 0 Å². The average molecular weight is 230 g/mol. The number of halogens is 1. The molecule has 1 aromatic heterocycles. The minimum atomic E-state index is -1.09. The first-order valence-corrected chi connectivity index (χ1v) is 5.04. The standard InChI is InChI=1S/C10H12ClNO3/c1-2-3-4-15-9-8(10(13)14)5-7(11)6-12-9/h5-6H,2-4H2,1H3,(H,13,14). The van der Waals surface area contributed by atoms with E-state index in [1.54, 1.807) is 0 Å². The van der Waals surface area contributed by atoms with Crippen LogP contribution in [0.5, 0.6) is 5.88 Å². The highest BCUT2D eigenvalue weighted by molar-refractivity contribution is 6.30. The number of nitrogens with zero attached hydrogens (tertiary/aromatic N) is 1. The van der Waals surface area contributed by atoms with Crippen LogP contribution < -0.4 is 4.74 Å². The number of carboxylic acid groups (broad SMARTS) is 1. The van der Waals surface area contributed by atoms with Gasteiger partial charge < -0.3 is 9.84 Å². The Bertz CT molecular complexity index is 355. The van der Waals surface area contributed by atoms with Crippen LogP contribution in [0.1, 0.15) is 30.1 Å². The van der Waals surface area contributed by atoms with Crippen LogP contribution in [0.2, 0.25) is 5.02 Å². The number of unbranched alkanes of at least 4 members (excludes halogenated alkanes) is 1. The second-order valence-corrected chi connectivity index (χ2v) is 3.45. The van der Waals surface area contributed by atoms with Crippen LogP contribution in [0, 0.1) is 0 Å². The number of hydrogen-bond acceptors (Lipinski definition) is 3. The molecule has 0 radical (unpaired) electrons. The third-order valence-corrected chi connectivity index (χ3v) is 1.99. The van der Waals surface area contributed by atoms with Gasteiger partial charge >= 0.3 is 5.97 Å². The minimum Gasteiger partial charge on any atom is -0.477 e. The zero-order chi connectivity index (χ0) is 11.3. The molecule has 0 spiro atoms. The lowest BCUT2D eigenvalue weighted by molar-refractivity contribution is 0.0691. The zero-order valence-corrected chi connectivity index (χ0v) is 9.12. The third kappa shape index (κ3) is 3.40. The Morgan fingerprint density at radius 1 is 1.67 bits per heavy atom. The number of carboxylic acids is 1. The monoisotopic (exact) mass is 229 g/mol. The molecule has 0 unspecified atom stereocenters. The summed E-state index contributed by atoms with van der Waals surface area (Å²) in [6.45, 7) is 2.49. The highest BCUT2D eigenvalue weighted by atomic mass is 35.5. The van der Waals surface area contributed by atoms with Crippen LogP contribution in [-0.4, -0.2) is 22.7 Å². The molecule has 4 nitrogen and oxygen atoms in total. The first kappa shape index (κ1) is 11.8. The van der Waals surface area contributed by atoms with E-state index in [1.165, 1.54) is 12.3 Å². The van der Waals surface area contributed by atoms with Crippen molar-refractivity contribution in [3.8, 4) is 5.88 Å². The molecule has 82 valence electrons. The lowest BCUT2D eigenvalue weighted by Crippen LogP contribution is -2.06. The van der Waals surface area contributed by atoms with E-state index in [-0.39, 0.29) is 16.5 Å². The largest absolute Gasteiger partial charge is 0.477 e. The second kappa shape index (κ2) is 5.56. The fraction of sp³-hybridized carbons (Fsp3) is 0.400. The molecule has 0 saturated heterocycles. The van der Waals surface area contributed by atoms with Gasteiger partial charge in [0.05, 0.1) is 11.6 Å². The van der Waals surface area contributed by atoms with Gasteiger partial charge in [-0.1, -0.05) is 24.9 Å². The Hall–Kier alpha value is -1.29. The second-order valence-electron chi connectivity index (χ2n) is 3.01. The number of pyridine rings is 1. The van der Waals surface area contributed by atoms with E-state index < -0.39 is 5.97 Å². The number of ether oxygens (including phenoxy) is 1. The normalized spacial score (nSPS) is 10.0. The van der Waals surface area contributed by atoms with Crippen LogP contribution in [0.25, 0.3) is 0 Å². The molecule has 1 rings (SSSR count). The highest BCUT2D eigenvalue weighted by Crippen LogP contribution is 2.19. The first-order chi connectivity index (χ1) is 7.15. The van der Waals surface area contributed by atoms with Crippen LogP contribution in [0.3, 0.4) is 0 Å². The summed E-state index contributed by atoms with van der Waals surface area (Å²) in [5.41, 5.74) is -0.00129. The number of rotatable bonds is 5. The predicted molar refractivity (Wildman–Crippen MR) is 56.6 cm³/mol. The summed E-state index contributed by atoms with van der Waals surface area (Å²) in [6.07, 6.45) is 3.22. The van der Waals surface area contributed by atoms with E-state index in [9.17, 15) is 4.79 Å². The van der Waals surface area contributed by atoms with Crippen molar-refractivity contribution in [1.29, 1.82) is 0 Å². The minimum absolute atomic E-state index is 0.00129. The molecule has 1 N–H and O–H groups in total. The van der Waals surface area contributed by atoms with Gasteiger partial charge in [0.25, 0.3) is 0 Å². The first-order valence-electron chi connectivity index (χ1n) is 4.66. The van der Waals surface area contributed by atoms with Crippen LogP contribution in [0.4, 0.5) is 0 Å². The summed E-state index contributed by atoms with van der Waals surface area (Å²) in [6, 6.07) is 1.33. The van der Waals surface area contributed by atoms with E-state index in [0.29, 0.717) is 6.61 Å². The summed E-state index contributed by atoms with van der Waals surface area (Å²) in [5.74, 6) is -0.961. The smallest absolute Gasteiger partial charge is 0.341 e. The van der Waals surface area contributed by atoms with Gasteiger partial charge in [0.15, 0.2) is 0 Å². The zero-order valence-electron chi connectivity index (χ0n) is 8.36. The van der Waals surface area contributed by atoms with Gasteiger partial charge in [-0.05, 0) is 12.5 Å². The molecule has 5 heteroatoms. The molecule has 1 heterocycles. The Kier molecular flexibility index (Phi) is 4.37. The summed E-state index contributed by atoms with van der Waals surface area (Å²) in [4.78, 5) is 14.7. The lowest BCUT2D eigenvalue weighted by atomic mass is 10.3. The third-order valence-electron chi connectivity index (χ3n) is 1.78. The van der Waals surface area contributed by atoms with E-state index >= 15 is 0 Å². The quantitative estimate of drug-likeness (QED) is 0.789. The number of aromatic nitrogens is 1. The Morgan fingerprint density at radius 3 is 3.00 bits per heavy atom. The molecule has 0 aliphatic rings. The molecule has 0 atom stereocenters. The summed E-state index contributed by atoms with van der Waals surface area (Å²) < 4.78 is 5.24. The summed E-state index contributed by atoms with van der Waals surface area (Å²) in [7, 11) is 0. The molecule has 0 aromatic carbocycles. The topological polar surface area (TPSA) is 59.4 Å². The van der Waals surface area contributed by atoms with Gasteiger partial charge in [0.1, 0.15) is 5.56 Å². The Balaban J connectivity index is 2.81. The highest BCUT2D eigenvalue weighted by Gasteiger charge is 2.13. The van der Waals surface area contributed by atoms with E-state index in [1.807, 2.05) is 6.92 Å². The summed E-state index contributed by atoms with van der Waals surface area (Å²) in [5, 5.41) is 9.16. The summed E-state index contributed by atoms with van der Waals surface area (Å²) >= 11 is 5.64. The molecule has 1 aromatic rings. The van der Waals surface area contributed by atoms with Gasteiger partial charge in [0.2, 0.25) is 5.88 Å². The van der Waals surface area contributed by atoms with E-state index in [4.69, 9.17) is 21.4 Å². The maximum atomic E-state index is 10.8. The van der Waals surface area contributed by atoms with E-state index in [0.717, 1.165) is 12.8 Å². The number of carbonyl (C=O) groups is 1. The van der Waals surface area contributed by atoms with Gasteiger partial charge in [-0.25, -0.2) is 9.78 Å². The van der Waals surface area contributed by atoms with Gasteiger partial charge in [0, 0.05) is 6.20 Å². The van der Waals surface area contributed by atoms with Crippen molar-refractivity contribution < 1.29 is 14.6 Å². The molecule has 0 fully saturated rings. The molecule has 15 heavy (non-hydrogen) atoms. The molecule has 0 amide bonds. The van der Waals surface area contributed by atoms with Crippen molar-refractivity contribution in [2.75, 3.05) is 6.61 Å². The SMILES string of the molecule is CCCCOc1ncc(Cl)cc1C(=O)O. The van der Waals surface area contributed by atoms with Crippen LogP contribution >= 0.6 is 11.6 Å². The van der Waals surface area contributed by atoms with Crippen molar-refractivity contribution in [1.82, 2.24) is 4.98 Å². The van der Waals surface area contributed by atoms with E-state index in [2.05, 4.69) is 4.98 Å².